The van der Waals surface area contributed by atoms with Crippen molar-refractivity contribution in [2.24, 2.45) is 0 Å². The molecule has 1 N–H and O–H groups in total. The van der Waals surface area contributed by atoms with Gasteiger partial charge in [-0.3, -0.25) is 0 Å². The molecule has 3 nitrogen and oxygen atoms in total. The lowest BCUT2D eigenvalue weighted by Crippen LogP contribution is -2.31. The van der Waals surface area contributed by atoms with E-state index in [4.69, 9.17) is 17.0 Å². The van der Waals surface area contributed by atoms with Crippen LogP contribution < -0.4 is 0 Å². The van der Waals surface area contributed by atoms with E-state index in [-0.39, 0.29) is 5.54 Å². The highest BCUT2D eigenvalue weighted by molar-refractivity contribution is 7.71. The Morgan fingerprint density at radius 1 is 1.41 bits per heavy atom. The van der Waals surface area contributed by atoms with Crippen molar-refractivity contribution in [3.63, 3.8) is 0 Å². The van der Waals surface area contributed by atoms with Crippen molar-refractivity contribution < 1.29 is 4.74 Å². The van der Waals surface area contributed by atoms with E-state index >= 15 is 0 Å². The molecule has 0 fully saturated rings. The van der Waals surface area contributed by atoms with Gasteiger partial charge in [0.1, 0.15) is 0 Å². The fourth-order valence-corrected chi connectivity index (χ4v) is 2.69. The highest BCUT2D eigenvalue weighted by atomic mass is 32.1. The lowest BCUT2D eigenvalue weighted by molar-refractivity contribution is 0.111. The summed E-state index contributed by atoms with van der Waals surface area (Å²) in [5, 5.41) is 0. The van der Waals surface area contributed by atoms with Crippen LogP contribution in [0, 0.1) is 11.7 Å². The average Bonchev–Trinajstić information content (AvgIpc) is 2.53. The van der Waals surface area contributed by atoms with Crippen molar-refractivity contribution in [2.45, 2.75) is 26.3 Å². The molecule has 0 saturated heterocycles. The third kappa shape index (κ3) is 2.15. The number of aromatic amines is 1. The monoisotopic (exact) mass is 250 g/mol. The van der Waals surface area contributed by atoms with E-state index in [9.17, 15) is 0 Å². The van der Waals surface area contributed by atoms with Crippen molar-refractivity contribution >= 4 is 23.3 Å². The predicted molar refractivity (Wildman–Crippen MR) is 73.1 cm³/mol. The molecule has 0 atom stereocenters. The summed E-state index contributed by atoms with van der Waals surface area (Å²) < 4.78 is 8.16. The number of rotatable bonds is 3. The SMILES string of the molecule is COCC(C)(C)n1c(=S)[nH]c2ccc(C)cc21. The number of nitrogens with zero attached hydrogens (tertiary/aromatic N) is 1. The van der Waals surface area contributed by atoms with Crippen LogP contribution in [0.5, 0.6) is 0 Å². The van der Waals surface area contributed by atoms with Crippen LogP contribution in [0.25, 0.3) is 11.0 Å². The van der Waals surface area contributed by atoms with Gasteiger partial charge in [0.15, 0.2) is 4.77 Å². The van der Waals surface area contributed by atoms with Gasteiger partial charge in [0.25, 0.3) is 0 Å². The molecule has 1 aromatic heterocycles. The molecule has 92 valence electrons. The Balaban J connectivity index is 2.72. The number of methoxy groups -OCH3 is 1. The number of hydrogen-bond donors (Lipinski definition) is 1. The highest BCUT2D eigenvalue weighted by Gasteiger charge is 2.23. The predicted octanol–water partition coefficient (Wildman–Crippen LogP) is 3.39. The molecule has 17 heavy (non-hydrogen) atoms. The van der Waals surface area contributed by atoms with E-state index < -0.39 is 0 Å². The molecule has 0 aliphatic rings. The molecule has 0 saturated carbocycles. The van der Waals surface area contributed by atoms with Gasteiger partial charge >= 0.3 is 0 Å². The zero-order valence-electron chi connectivity index (χ0n) is 10.7. The molecule has 2 aromatic rings. The van der Waals surface area contributed by atoms with Crippen molar-refractivity contribution in [3.8, 4) is 0 Å². The molecule has 0 aliphatic carbocycles. The number of fused-ring (bicyclic) bond motifs is 1. The van der Waals surface area contributed by atoms with Crippen molar-refractivity contribution in [1.82, 2.24) is 9.55 Å². The summed E-state index contributed by atoms with van der Waals surface area (Å²) >= 11 is 5.41. The summed E-state index contributed by atoms with van der Waals surface area (Å²) in [6, 6.07) is 6.31. The Kier molecular flexibility index (Phi) is 3.10. The third-order valence-corrected chi connectivity index (χ3v) is 3.23. The summed E-state index contributed by atoms with van der Waals surface area (Å²) in [6.07, 6.45) is 0. The number of H-pyrrole nitrogens is 1. The number of hydrogen-bond acceptors (Lipinski definition) is 2. The molecular weight excluding hydrogens is 232 g/mol. The van der Waals surface area contributed by atoms with Crippen LogP contribution in [0.2, 0.25) is 0 Å². The fraction of sp³-hybridized carbons (Fsp3) is 0.462. The van der Waals surface area contributed by atoms with Gasteiger partial charge in [-0.1, -0.05) is 6.07 Å². The lowest BCUT2D eigenvalue weighted by atomic mass is 10.1. The number of nitrogens with one attached hydrogen (secondary N) is 1. The van der Waals surface area contributed by atoms with E-state index in [2.05, 4.69) is 48.5 Å². The molecule has 4 heteroatoms. The molecule has 0 amide bonds. The van der Waals surface area contributed by atoms with Gasteiger partial charge in [0.2, 0.25) is 0 Å². The van der Waals surface area contributed by atoms with Crippen molar-refractivity contribution in [3.05, 3.63) is 28.5 Å². The van der Waals surface area contributed by atoms with Gasteiger partial charge < -0.3 is 14.3 Å². The molecule has 2 rings (SSSR count). The van der Waals surface area contributed by atoms with Gasteiger partial charge in [0.05, 0.1) is 23.2 Å². The molecule has 0 aliphatic heterocycles. The zero-order chi connectivity index (χ0) is 12.6. The minimum absolute atomic E-state index is 0.155. The highest BCUT2D eigenvalue weighted by Crippen LogP contribution is 2.24. The number of imidazole rings is 1. The van der Waals surface area contributed by atoms with Crippen LogP contribution in [-0.4, -0.2) is 23.3 Å². The Bertz CT molecular complexity index is 595. The zero-order valence-corrected chi connectivity index (χ0v) is 11.5. The maximum absolute atomic E-state index is 5.41. The fourth-order valence-electron chi connectivity index (χ4n) is 2.23. The first-order chi connectivity index (χ1) is 7.95. The van der Waals surface area contributed by atoms with Crippen LogP contribution in [0.3, 0.4) is 0 Å². The molecule has 0 unspecified atom stereocenters. The third-order valence-electron chi connectivity index (χ3n) is 2.94. The van der Waals surface area contributed by atoms with Crippen molar-refractivity contribution in [1.29, 1.82) is 0 Å². The first-order valence-electron chi connectivity index (χ1n) is 5.66. The van der Waals surface area contributed by atoms with E-state index in [1.807, 2.05) is 0 Å². The van der Waals surface area contributed by atoms with E-state index in [1.54, 1.807) is 7.11 Å². The smallest absolute Gasteiger partial charge is 0.178 e. The van der Waals surface area contributed by atoms with E-state index in [1.165, 1.54) is 5.56 Å². The molecule has 1 heterocycles. The number of ether oxygens (including phenoxy) is 1. The maximum Gasteiger partial charge on any atom is 0.178 e. The second-order valence-electron chi connectivity index (χ2n) is 5.03. The van der Waals surface area contributed by atoms with Gasteiger partial charge in [-0.2, -0.15) is 0 Å². The minimum atomic E-state index is -0.155. The van der Waals surface area contributed by atoms with Gasteiger partial charge in [-0.25, -0.2) is 0 Å². The first kappa shape index (κ1) is 12.3. The first-order valence-corrected chi connectivity index (χ1v) is 6.07. The Hall–Kier alpha value is -1.13. The van der Waals surface area contributed by atoms with Gasteiger partial charge in [-0.15, -0.1) is 0 Å². The second-order valence-corrected chi connectivity index (χ2v) is 5.42. The lowest BCUT2D eigenvalue weighted by Gasteiger charge is -2.26. The largest absolute Gasteiger partial charge is 0.382 e. The summed E-state index contributed by atoms with van der Waals surface area (Å²) in [4.78, 5) is 3.24. The summed E-state index contributed by atoms with van der Waals surface area (Å²) in [6.45, 7) is 6.97. The normalized spacial score (nSPS) is 12.2. The molecule has 0 spiro atoms. The Morgan fingerprint density at radius 3 is 2.76 bits per heavy atom. The Morgan fingerprint density at radius 2 is 2.12 bits per heavy atom. The van der Waals surface area contributed by atoms with Crippen LogP contribution >= 0.6 is 12.2 Å². The van der Waals surface area contributed by atoms with Crippen LogP contribution in [-0.2, 0) is 10.3 Å². The van der Waals surface area contributed by atoms with Crippen LogP contribution in [0.15, 0.2) is 18.2 Å². The second kappa shape index (κ2) is 4.27. The van der Waals surface area contributed by atoms with Crippen LogP contribution in [0.1, 0.15) is 19.4 Å². The number of aromatic nitrogens is 2. The van der Waals surface area contributed by atoms with Crippen molar-refractivity contribution in [2.75, 3.05) is 13.7 Å². The van der Waals surface area contributed by atoms with E-state index in [0.717, 1.165) is 15.8 Å². The minimum Gasteiger partial charge on any atom is -0.382 e. The van der Waals surface area contributed by atoms with Crippen LogP contribution in [0.4, 0.5) is 0 Å². The summed E-state index contributed by atoms with van der Waals surface area (Å²) in [5.41, 5.74) is 3.29. The molecular formula is C13H18N2OS. The summed E-state index contributed by atoms with van der Waals surface area (Å²) in [5.74, 6) is 0. The number of aryl methyl sites for hydroxylation is 1. The number of benzene rings is 1. The quantitative estimate of drug-likeness (QED) is 0.846. The maximum atomic E-state index is 5.41. The Labute approximate surface area is 106 Å². The van der Waals surface area contributed by atoms with E-state index in [0.29, 0.717) is 6.61 Å². The molecule has 0 bridgehead atoms. The standard InChI is InChI=1S/C13H18N2OS/c1-9-5-6-10-11(7-9)15(12(17)14-10)13(2,3)8-16-4/h5-7H,8H2,1-4H3,(H,14,17). The molecule has 1 aromatic carbocycles. The van der Waals surface area contributed by atoms with Gasteiger partial charge in [-0.05, 0) is 50.7 Å². The van der Waals surface area contributed by atoms with Gasteiger partial charge in [0, 0.05) is 7.11 Å². The molecule has 0 radical (unpaired) electrons. The summed E-state index contributed by atoms with van der Waals surface area (Å²) in [7, 11) is 1.71. The topological polar surface area (TPSA) is 29.9 Å². The average molecular weight is 250 g/mol.